The van der Waals surface area contributed by atoms with Crippen LogP contribution in [0.3, 0.4) is 0 Å². The first-order valence-corrected chi connectivity index (χ1v) is 9.89. The Morgan fingerprint density at radius 2 is 2.00 bits per heavy atom. The van der Waals surface area contributed by atoms with Gasteiger partial charge in [-0.3, -0.25) is 9.59 Å². The molecule has 2 aromatic heterocycles. The lowest BCUT2D eigenvalue weighted by molar-refractivity contribution is -0.117. The molecule has 0 bridgehead atoms. The fourth-order valence-corrected chi connectivity index (χ4v) is 4.06. The standard InChI is InChI=1S/C19H21N5O2S/c1-13-8-10-23(11-9-13)16-6-7-18(26)24(22-16)12-17(25)21-19-20-14-4-2-3-5-15(14)27-19/h2-7,13H,8-12H2,1H3,(H,20,21,25). The Labute approximate surface area is 160 Å². The van der Waals surface area contributed by atoms with Gasteiger partial charge in [-0.1, -0.05) is 30.4 Å². The number of nitrogens with zero attached hydrogens (tertiary/aromatic N) is 4. The lowest BCUT2D eigenvalue weighted by Crippen LogP contribution is -2.36. The van der Waals surface area contributed by atoms with Gasteiger partial charge in [0.25, 0.3) is 5.56 Å². The number of thiazole rings is 1. The molecule has 0 saturated carbocycles. The molecule has 1 aliphatic heterocycles. The number of anilines is 2. The quantitative estimate of drug-likeness (QED) is 0.749. The van der Waals surface area contributed by atoms with Crippen molar-refractivity contribution in [2.45, 2.75) is 26.3 Å². The van der Waals surface area contributed by atoms with Crippen LogP contribution in [0.1, 0.15) is 19.8 Å². The average molecular weight is 383 g/mol. The van der Waals surface area contributed by atoms with E-state index in [9.17, 15) is 9.59 Å². The normalized spacial score (nSPS) is 15.2. The summed E-state index contributed by atoms with van der Waals surface area (Å²) in [6.45, 7) is 3.96. The van der Waals surface area contributed by atoms with Gasteiger partial charge < -0.3 is 10.2 Å². The van der Waals surface area contributed by atoms with Gasteiger partial charge in [0.05, 0.1) is 10.2 Å². The Morgan fingerprint density at radius 1 is 1.22 bits per heavy atom. The fourth-order valence-electron chi connectivity index (χ4n) is 3.18. The lowest BCUT2D eigenvalue weighted by atomic mass is 9.99. The van der Waals surface area contributed by atoms with Crippen molar-refractivity contribution in [3.05, 3.63) is 46.8 Å². The van der Waals surface area contributed by atoms with Crippen molar-refractivity contribution in [3.8, 4) is 0 Å². The minimum atomic E-state index is -0.312. The Bertz CT molecular complexity index is 987. The van der Waals surface area contributed by atoms with Gasteiger partial charge in [0.1, 0.15) is 12.4 Å². The van der Waals surface area contributed by atoms with Crippen molar-refractivity contribution in [3.63, 3.8) is 0 Å². The maximum atomic E-state index is 12.4. The van der Waals surface area contributed by atoms with Gasteiger partial charge >= 0.3 is 0 Å². The van der Waals surface area contributed by atoms with Crippen LogP contribution in [0.2, 0.25) is 0 Å². The smallest absolute Gasteiger partial charge is 0.267 e. The second-order valence-corrected chi connectivity index (χ2v) is 7.92. The van der Waals surface area contributed by atoms with E-state index < -0.39 is 0 Å². The summed E-state index contributed by atoms with van der Waals surface area (Å²) in [4.78, 5) is 31.1. The molecule has 3 aromatic rings. The van der Waals surface area contributed by atoms with Crippen LogP contribution in [0.5, 0.6) is 0 Å². The molecule has 1 amide bonds. The number of amides is 1. The van der Waals surface area contributed by atoms with E-state index in [1.54, 1.807) is 6.07 Å². The third-order valence-electron chi connectivity index (χ3n) is 4.79. The Kier molecular flexibility index (Phi) is 4.89. The van der Waals surface area contributed by atoms with E-state index in [1.165, 1.54) is 22.1 Å². The summed E-state index contributed by atoms with van der Waals surface area (Å²) in [5, 5.41) is 7.69. The molecular weight excluding hydrogens is 362 g/mol. The minimum Gasteiger partial charge on any atom is -0.355 e. The maximum Gasteiger partial charge on any atom is 0.267 e. The predicted octanol–water partition coefficient (Wildman–Crippen LogP) is 2.73. The molecule has 0 aliphatic carbocycles. The number of carbonyl (C=O) groups is 1. The monoisotopic (exact) mass is 383 g/mol. The number of rotatable bonds is 4. The number of piperidine rings is 1. The molecule has 27 heavy (non-hydrogen) atoms. The van der Waals surface area contributed by atoms with Crippen molar-refractivity contribution in [1.29, 1.82) is 0 Å². The highest BCUT2D eigenvalue weighted by Gasteiger charge is 2.18. The Hall–Kier alpha value is -2.74. The number of carbonyl (C=O) groups excluding carboxylic acids is 1. The molecule has 4 rings (SSSR count). The number of benzene rings is 1. The third kappa shape index (κ3) is 4.00. The second-order valence-electron chi connectivity index (χ2n) is 6.89. The van der Waals surface area contributed by atoms with Crippen molar-refractivity contribution < 1.29 is 4.79 Å². The highest BCUT2D eigenvalue weighted by molar-refractivity contribution is 7.22. The summed E-state index contributed by atoms with van der Waals surface area (Å²) in [5.41, 5.74) is 0.554. The molecule has 3 heterocycles. The summed E-state index contributed by atoms with van der Waals surface area (Å²) >= 11 is 1.41. The fraction of sp³-hybridized carbons (Fsp3) is 0.368. The van der Waals surface area contributed by atoms with Crippen LogP contribution in [0.15, 0.2) is 41.2 Å². The van der Waals surface area contributed by atoms with Crippen LogP contribution in [-0.4, -0.2) is 33.8 Å². The number of aromatic nitrogens is 3. The molecule has 0 atom stereocenters. The molecule has 0 unspecified atom stereocenters. The van der Waals surface area contributed by atoms with Crippen LogP contribution < -0.4 is 15.8 Å². The summed E-state index contributed by atoms with van der Waals surface area (Å²) in [5.74, 6) is 1.15. The van der Waals surface area contributed by atoms with Gasteiger partial charge in [0.2, 0.25) is 5.91 Å². The van der Waals surface area contributed by atoms with Gasteiger partial charge in [0.15, 0.2) is 5.13 Å². The summed E-state index contributed by atoms with van der Waals surface area (Å²) in [6, 6.07) is 10.9. The molecule has 1 fully saturated rings. The SMILES string of the molecule is CC1CCN(c2ccc(=O)n(CC(=O)Nc3nc4ccccc4s3)n2)CC1. The number of fused-ring (bicyclic) bond motifs is 1. The molecule has 1 aliphatic rings. The molecule has 1 N–H and O–H groups in total. The minimum absolute atomic E-state index is 0.132. The molecule has 140 valence electrons. The highest BCUT2D eigenvalue weighted by atomic mass is 32.1. The van der Waals surface area contributed by atoms with Crippen LogP contribution in [0.4, 0.5) is 10.9 Å². The largest absolute Gasteiger partial charge is 0.355 e. The topological polar surface area (TPSA) is 80.1 Å². The van der Waals surface area contributed by atoms with Crippen molar-refractivity contribution in [2.75, 3.05) is 23.3 Å². The van der Waals surface area contributed by atoms with E-state index in [1.807, 2.05) is 24.3 Å². The number of nitrogens with one attached hydrogen (secondary N) is 1. The molecule has 0 radical (unpaired) electrons. The van der Waals surface area contributed by atoms with Crippen molar-refractivity contribution in [1.82, 2.24) is 14.8 Å². The van der Waals surface area contributed by atoms with E-state index in [-0.39, 0.29) is 18.0 Å². The van der Waals surface area contributed by atoms with E-state index in [0.717, 1.165) is 42.0 Å². The molecule has 7 nitrogen and oxygen atoms in total. The summed E-state index contributed by atoms with van der Waals surface area (Å²) in [7, 11) is 0. The summed E-state index contributed by atoms with van der Waals surface area (Å²) < 4.78 is 2.22. The molecule has 8 heteroatoms. The highest BCUT2D eigenvalue weighted by Crippen LogP contribution is 2.25. The Balaban J connectivity index is 1.47. The van der Waals surface area contributed by atoms with E-state index in [4.69, 9.17) is 0 Å². The Morgan fingerprint density at radius 3 is 2.78 bits per heavy atom. The van der Waals surface area contributed by atoms with Gasteiger partial charge in [-0.2, -0.15) is 5.10 Å². The number of para-hydroxylation sites is 1. The first-order valence-electron chi connectivity index (χ1n) is 9.07. The molecule has 1 aromatic carbocycles. The van der Waals surface area contributed by atoms with Crippen LogP contribution >= 0.6 is 11.3 Å². The first-order chi connectivity index (χ1) is 13.1. The summed E-state index contributed by atoms with van der Waals surface area (Å²) in [6.07, 6.45) is 2.22. The predicted molar refractivity (Wildman–Crippen MR) is 107 cm³/mol. The van der Waals surface area contributed by atoms with E-state index in [2.05, 4.69) is 27.2 Å². The average Bonchev–Trinajstić information content (AvgIpc) is 3.06. The van der Waals surface area contributed by atoms with Gasteiger partial charge in [-0.15, -0.1) is 0 Å². The van der Waals surface area contributed by atoms with Crippen molar-refractivity contribution >= 4 is 38.4 Å². The van der Waals surface area contributed by atoms with Crippen molar-refractivity contribution in [2.24, 2.45) is 5.92 Å². The lowest BCUT2D eigenvalue weighted by Gasteiger charge is -2.31. The van der Waals surface area contributed by atoms with Crippen LogP contribution in [-0.2, 0) is 11.3 Å². The molecule has 0 spiro atoms. The van der Waals surface area contributed by atoms with Gasteiger partial charge in [0, 0.05) is 19.2 Å². The zero-order chi connectivity index (χ0) is 18.8. The third-order valence-corrected chi connectivity index (χ3v) is 5.75. The maximum absolute atomic E-state index is 12.4. The molecule has 1 saturated heterocycles. The second kappa shape index (κ2) is 7.48. The van der Waals surface area contributed by atoms with E-state index in [0.29, 0.717) is 11.0 Å². The van der Waals surface area contributed by atoms with Crippen LogP contribution in [0, 0.1) is 5.92 Å². The zero-order valence-corrected chi connectivity index (χ0v) is 15.9. The number of hydrogen-bond acceptors (Lipinski definition) is 6. The van der Waals surface area contributed by atoms with E-state index >= 15 is 0 Å². The number of hydrogen-bond donors (Lipinski definition) is 1. The van der Waals surface area contributed by atoms with Gasteiger partial charge in [-0.25, -0.2) is 9.67 Å². The van der Waals surface area contributed by atoms with Gasteiger partial charge in [-0.05, 0) is 37.0 Å². The molecular formula is C19H21N5O2S. The first kappa shape index (κ1) is 17.7. The zero-order valence-electron chi connectivity index (χ0n) is 15.1. The van der Waals surface area contributed by atoms with Crippen LogP contribution in [0.25, 0.3) is 10.2 Å².